The van der Waals surface area contributed by atoms with E-state index in [0.717, 1.165) is 6.07 Å². The fourth-order valence-electron chi connectivity index (χ4n) is 1.17. The Hall–Kier alpha value is -1.95. The summed E-state index contributed by atoms with van der Waals surface area (Å²) in [5.41, 5.74) is -0.314. The van der Waals surface area contributed by atoms with E-state index in [9.17, 15) is 9.59 Å². The standard InChI is InChI=1S/C9H6N2O3S/c12-7-4-5(9(13)14)8(11-10-7)6-2-1-3-15-6/h1-4H,(H,10,12)(H,13,14). The van der Waals surface area contributed by atoms with Gasteiger partial charge in [-0.15, -0.1) is 11.3 Å². The SMILES string of the molecule is O=C(O)c1cc(=O)[nH]nc1-c1cccs1. The second-order valence-corrected chi connectivity index (χ2v) is 3.72. The summed E-state index contributed by atoms with van der Waals surface area (Å²) in [6, 6.07) is 4.57. The first kappa shape index (κ1) is 9.60. The first-order valence-electron chi connectivity index (χ1n) is 4.05. The van der Waals surface area contributed by atoms with Gasteiger partial charge >= 0.3 is 5.97 Å². The number of hydrogen-bond acceptors (Lipinski definition) is 4. The van der Waals surface area contributed by atoms with E-state index < -0.39 is 11.5 Å². The van der Waals surface area contributed by atoms with Crippen LogP contribution in [0.4, 0.5) is 0 Å². The lowest BCUT2D eigenvalue weighted by molar-refractivity contribution is 0.0697. The third-order valence-electron chi connectivity index (χ3n) is 1.79. The molecule has 2 N–H and O–H groups in total. The van der Waals surface area contributed by atoms with E-state index in [4.69, 9.17) is 5.11 Å². The van der Waals surface area contributed by atoms with Gasteiger partial charge in [0.2, 0.25) is 0 Å². The Labute approximate surface area is 88.0 Å². The summed E-state index contributed by atoms with van der Waals surface area (Å²) in [6.07, 6.45) is 0. The molecule has 0 atom stereocenters. The molecule has 0 saturated carbocycles. The molecule has 5 nitrogen and oxygen atoms in total. The van der Waals surface area contributed by atoms with E-state index in [1.54, 1.807) is 12.1 Å². The minimum absolute atomic E-state index is 0.0822. The summed E-state index contributed by atoms with van der Waals surface area (Å²) in [4.78, 5) is 22.5. The second-order valence-electron chi connectivity index (χ2n) is 2.78. The molecule has 0 radical (unpaired) electrons. The van der Waals surface area contributed by atoms with E-state index in [1.165, 1.54) is 11.3 Å². The van der Waals surface area contributed by atoms with Crippen LogP contribution in [0.2, 0.25) is 0 Å². The zero-order chi connectivity index (χ0) is 10.8. The number of thiophene rings is 1. The Morgan fingerprint density at radius 1 is 1.53 bits per heavy atom. The molecule has 0 aliphatic carbocycles. The van der Waals surface area contributed by atoms with Crippen molar-refractivity contribution in [2.75, 3.05) is 0 Å². The Balaban J connectivity index is 2.66. The molecule has 0 unspecified atom stereocenters. The van der Waals surface area contributed by atoms with Crippen LogP contribution in [0.1, 0.15) is 10.4 Å². The van der Waals surface area contributed by atoms with Gasteiger partial charge in [0.25, 0.3) is 5.56 Å². The molecule has 0 spiro atoms. The molecule has 76 valence electrons. The Morgan fingerprint density at radius 2 is 2.33 bits per heavy atom. The van der Waals surface area contributed by atoms with Crippen molar-refractivity contribution >= 4 is 17.3 Å². The van der Waals surface area contributed by atoms with E-state index in [0.29, 0.717) is 4.88 Å². The Bertz CT molecular complexity index is 545. The Kier molecular flexibility index (Phi) is 2.34. The van der Waals surface area contributed by atoms with Crippen LogP contribution >= 0.6 is 11.3 Å². The number of H-pyrrole nitrogens is 1. The van der Waals surface area contributed by atoms with Gasteiger partial charge < -0.3 is 5.11 Å². The van der Waals surface area contributed by atoms with Crippen LogP contribution in [-0.2, 0) is 0 Å². The van der Waals surface area contributed by atoms with Gasteiger partial charge in [-0.2, -0.15) is 5.10 Å². The number of aromatic nitrogens is 2. The van der Waals surface area contributed by atoms with Gasteiger partial charge in [0.1, 0.15) is 5.69 Å². The number of nitrogens with zero attached hydrogens (tertiary/aromatic N) is 1. The summed E-state index contributed by atoms with van der Waals surface area (Å²) in [7, 11) is 0. The number of carboxylic acid groups (broad SMARTS) is 1. The number of nitrogens with one attached hydrogen (secondary N) is 1. The number of hydrogen-bond donors (Lipinski definition) is 2. The predicted molar refractivity (Wildman–Crippen MR) is 55.1 cm³/mol. The van der Waals surface area contributed by atoms with E-state index in [2.05, 4.69) is 10.2 Å². The molecule has 0 bridgehead atoms. The summed E-state index contributed by atoms with van der Waals surface area (Å²) >= 11 is 1.37. The molecule has 2 aromatic rings. The summed E-state index contributed by atoms with van der Waals surface area (Å²) < 4.78 is 0. The quantitative estimate of drug-likeness (QED) is 0.799. The molecule has 15 heavy (non-hydrogen) atoms. The topological polar surface area (TPSA) is 83.0 Å². The van der Waals surface area contributed by atoms with Gasteiger partial charge in [-0.3, -0.25) is 4.79 Å². The minimum atomic E-state index is -1.16. The van der Waals surface area contributed by atoms with Gasteiger partial charge in [0, 0.05) is 6.07 Å². The normalized spacial score (nSPS) is 10.1. The van der Waals surface area contributed by atoms with E-state index >= 15 is 0 Å². The van der Waals surface area contributed by atoms with Gasteiger partial charge in [0.05, 0.1) is 10.4 Å². The molecule has 0 amide bonds. The molecule has 2 aromatic heterocycles. The predicted octanol–water partition coefficient (Wildman–Crippen LogP) is 1.20. The van der Waals surface area contributed by atoms with Crippen molar-refractivity contribution in [2.24, 2.45) is 0 Å². The van der Waals surface area contributed by atoms with Crippen LogP contribution in [0.5, 0.6) is 0 Å². The maximum atomic E-state index is 10.9. The average Bonchev–Trinajstić information content (AvgIpc) is 2.70. The van der Waals surface area contributed by atoms with Crippen LogP contribution in [-0.4, -0.2) is 21.3 Å². The number of rotatable bonds is 2. The van der Waals surface area contributed by atoms with Gasteiger partial charge in [0.15, 0.2) is 0 Å². The number of carboxylic acids is 1. The van der Waals surface area contributed by atoms with Crippen molar-refractivity contribution < 1.29 is 9.90 Å². The molecule has 0 saturated heterocycles. The van der Waals surface area contributed by atoms with Crippen LogP contribution in [0.25, 0.3) is 10.6 Å². The lowest BCUT2D eigenvalue weighted by Gasteiger charge is -2.00. The van der Waals surface area contributed by atoms with Crippen molar-refractivity contribution in [3.8, 4) is 10.6 Å². The van der Waals surface area contributed by atoms with Crippen LogP contribution < -0.4 is 5.56 Å². The second kappa shape index (κ2) is 3.66. The third kappa shape index (κ3) is 1.79. The monoisotopic (exact) mass is 222 g/mol. The van der Waals surface area contributed by atoms with Crippen molar-refractivity contribution in [3.63, 3.8) is 0 Å². The molecule has 0 aliphatic heterocycles. The zero-order valence-corrected chi connectivity index (χ0v) is 8.25. The van der Waals surface area contributed by atoms with Crippen molar-refractivity contribution in [3.05, 3.63) is 39.5 Å². The largest absolute Gasteiger partial charge is 0.478 e. The zero-order valence-electron chi connectivity index (χ0n) is 7.43. The van der Waals surface area contributed by atoms with Gasteiger partial charge in [-0.25, -0.2) is 9.89 Å². The fraction of sp³-hybridized carbons (Fsp3) is 0. The molecule has 2 rings (SSSR count). The fourth-order valence-corrected chi connectivity index (χ4v) is 1.90. The molecule has 0 fully saturated rings. The van der Waals surface area contributed by atoms with Crippen LogP contribution in [0.15, 0.2) is 28.4 Å². The summed E-state index contributed by atoms with van der Waals surface area (Å²) in [5.74, 6) is -1.16. The van der Waals surface area contributed by atoms with Crippen LogP contribution in [0.3, 0.4) is 0 Å². The number of aromatic amines is 1. The highest BCUT2D eigenvalue weighted by molar-refractivity contribution is 7.13. The lowest BCUT2D eigenvalue weighted by Crippen LogP contribution is -2.13. The lowest BCUT2D eigenvalue weighted by atomic mass is 10.2. The average molecular weight is 222 g/mol. The highest BCUT2D eigenvalue weighted by Gasteiger charge is 2.14. The molecular weight excluding hydrogens is 216 g/mol. The molecular formula is C9H6N2O3S. The van der Waals surface area contributed by atoms with Crippen molar-refractivity contribution in [1.82, 2.24) is 10.2 Å². The van der Waals surface area contributed by atoms with Crippen molar-refractivity contribution in [2.45, 2.75) is 0 Å². The third-order valence-corrected chi connectivity index (χ3v) is 2.67. The minimum Gasteiger partial charge on any atom is -0.478 e. The first-order valence-corrected chi connectivity index (χ1v) is 4.93. The maximum absolute atomic E-state index is 10.9. The van der Waals surface area contributed by atoms with Gasteiger partial charge in [-0.05, 0) is 11.4 Å². The molecule has 6 heteroatoms. The van der Waals surface area contributed by atoms with Crippen molar-refractivity contribution in [1.29, 1.82) is 0 Å². The Morgan fingerprint density at radius 3 is 2.93 bits per heavy atom. The highest BCUT2D eigenvalue weighted by atomic mass is 32.1. The maximum Gasteiger partial charge on any atom is 0.338 e. The van der Waals surface area contributed by atoms with Crippen LogP contribution in [0, 0.1) is 0 Å². The molecule has 0 aromatic carbocycles. The summed E-state index contributed by atoms with van der Waals surface area (Å²) in [5, 5.41) is 16.7. The molecule has 0 aliphatic rings. The highest BCUT2D eigenvalue weighted by Crippen LogP contribution is 2.24. The smallest absolute Gasteiger partial charge is 0.338 e. The number of carbonyl (C=O) groups is 1. The molecule has 2 heterocycles. The first-order chi connectivity index (χ1) is 7.18. The van der Waals surface area contributed by atoms with Gasteiger partial charge in [-0.1, -0.05) is 6.07 Å². The van der Waals surface area contributed by atoms with E-state index in [1.807, 2.05) is 5.38 Å². The number of aromatic carboxylic acids is 1. The summed E-state index contributed by atoms with van der Waals surface area (Å²) in [6.45, 7) is 0. The van der Waals surface area contributed by atoms with E-state index in [-0.39, 0.29) is 11.3 Å².